The molecule has 2 aliphatic rings. The highest BCUT2D eigenvalue weighted by atomic mass is 15.2. The molecule has 0 N–H and O–H groups in total. The molecule has 1 atom stereocenters. The third-order valence-corrected chi connectivity index (χ3v) is 5.52. The lowest BCUT2D eigenvalue weighted by atomic mass is 9.96. The summed E-state index contributed by atoms with van der Waals surface area (Å²) in [5.74, 6) is 1.82. The van der Waals surface area contributed by atoms with Crippen molar-refractivity contribution in [2.75, 3.05) is 40.3 Å². The van der Waals surface area contributed by atoms with E-state index >= 15 is 0 Å². The molecule has 23 heavy (non-hydrogen) atoms. The predicted octanol–water partition coefficient (Wildman–Crippen LogP) is 2.51. The molecule has 5 heteroatoms. The number of likely N-dealkylation sites (tertiary alicyclic amines) is 2. The van der Waals surface area contributed by atoms with Crippen molar-refractivity contribution < 1.29 is 0 Å². The van der Waals surface area contributed by atoms with Gasteiger partial charge in [-0.3, -0.25) is 0 Å². The molecule has 4 rings (SSSR count). The van der Waals surface area contributed by atoms with Crippen LogP contribution in [-0.2, 0) is 0 Å². The molecule has 2 fully saturated rings. The Kier molecular flexibility index (Phi) is 4.07. The lowest BCUT2D eigenvalue weighted by molar-refractivity contribution is 0.209. The molecule has 0 aromatic carbocycles. The number of rotatable bonds is 2. The third-order valence-electron chi connectivity index (χ3n) is 5.52. The van der Waals surface area contributed by atoms with Crippen LogP contribution in [0.4, 0.5) is 0 Å². The van der Waals surface area contributed by atoms with Crippen LogP contribution in [0.2, 0.25) is 0 Å². The Labute approximate surface area is 138 Å². The monoisotopic (exact) mass is 313 g/mol. The Morgan fingerprint density at radius 3 is 2.65 bits per heavy atom. The van der Waals surface area contributed by atoms with Gasteiger partial charge in [0.1, 0.15) is 11.3 Å². The normalized spacial score (nSPS) is 25.2. The van der Waals surface area contributed by atoms with E-state index in [1.807, 2.05) is 12.3 Å². The van der Waals surface area contributed by atoms with Crippen molar-refractivity contribution >= 4 is 11.2 Å². The SMILES string of the molecule is CN1CCC(n2c(C3CCCN(C)C3)nc3cccnc32)CC1. The van der Waals surface area contributed by atoms with E-state index in [-0.39, 0.29) is 0 Å². The van der Waals surface area contributed by atoms with E-state index in [0.717, 1.165) is 17.7 Å². The van der Waals surface area contributed by atoms with Crippen LogP contribution in [-0.4, -0.2) is 64.6 Å². The standard InChI is InChI=1S/C18H27N5/c1-21-11-7-15(8-12-21)23-17(14-5-4-10-22(2)13-14)20-16-6-3-9-19-18(16)23/h3,6,9,14-15H,4-5,7-8,10-13H2,1-2H3. The summed E-state index contributed by atoms with van der Waals surface area (Å²) in [6.07, 6.45) is 6.83. The van der Waals surface area contributed by atoms with Crippen LogP contribution in [0.15, 0.2) is 18.3 Å². The van der Waals surface area contributed by atoms with Crippen molar-refractivity contribution in [1.29, 1.82) is 0 Å². The molecule has 0 bridgehead atoms. The first-order valence-electron chi connectivity index (χ1n) is 8.92. The van der Waals surface area contributed by atoms with Crippen molar-refractivity contribution in [2.45, 2.75) is 37.6 Å². The van der Waals surface area contributed by atoms with Crippen LogP contribution in [0.25, 0.3) is 11.2 Å². The average Bonchev–Trinajstić information content (AvgIpc) is 2.95. The van der Waals surface area contributed by atoms with Crippen LogP contribution in [0.1, 0.15) is 43.5 Å². The molecule has 0 amide bonds. The first kappa shape index (κ1) is 15.1. The van der Waals surface area contributed by atoms with Gasteiger partial charge in [-0.15, -0.1) is 0 Å². The van der Waals surface area contributed by atoms with Gasteiger partial charge in [0.05, 0.1) is 0 Å². The smallest absolute Gasteiger partial charge is 0.160 e. The van der Waals surface area contributed by atoms with Crippen LogP contribution in [0.3, 0.4) is 0 Å². The number of likely N-dealkylation sites (N-methyl/N-ethyl adjacent to an activating group) is 1. The topological polar surface area (TPSA) is 37.2 Å². The van der Waals surface area contributed by atoms with Crippen molar-refractivity contribution in [3.8, 4) is 0 Å². The van der Waals surface area contributed by atoms with E-state index in [1.54, 1.807) is 0 Å². The molecule has 2 aromatic heterocycles. The number of hydrogen-bond donors (Lipinski definition) is 0. The number of pyridine rings is 1. The van der Waals surface area contributed by atoms with Gasteiger partial charge in [-0.2, -0.15) is 0 Å². The molecule has 2 aromatic rings. The Morgan fingerprint density at radius 2 is 1.87 bits per heavy atom. The molecular formula is C18H27N5. The summed E-state index contributed by atoms with van der Waals surface area (Å²) in [4.78, 5) is 14.6. The second-order valence-corrected chi connectivity index (χ2v) is 7.32. The van der Waals surface area contributed by atoms with Gasteiger partial charge in [0, 0.05) is 24.7 Å². The Balaban J connectivity index is 1.75. The fraction of sp³-hybridized carbons (Fsp3) is 0.667. The lowest BCUT2D eigenvalue weighted by Crippen LogP contribution is -2.35. The van der Waals surface area contributed by atoms with Gasteiger partial charge in [0.25, 0.3) is 0 Å². The number of imidazole rings is 1. The quantitative estimate of drug-likeness (QED) is 0.854. The zero-order chi connectivity index (χ0) is 15.8. The summed E-state index contributed by atoms with van der Waals surface area (Å²) < 4.78 is 2.49. The Hall–Kier alpha value is -1.46. The van der Waals surface area contributed by atoms with Crippen LogP contribution < -0.4 is 0 Å². The molecule has 0 aliphatic carbocycles. The lowest BCUT2D eigenvalue weighted by Gasteiger charge is -2.34. The predicted molar refractivity (Wildman–Crippen MR) is 92.8 cm³/mol. The van der Waals surface area contributed by atoms with Gasteiger partial charge in [-0.05, 0) is 71.5 Å². The molecule has 124 valence electrons. The van der Waals surface area contributed by atoms with E-state index in [4.69, 9.17) is 4.98 Å². The van der Waals surface area contributed by atoms with Crippen LogP contribution in [0.5, 0.6) is 0 Å². The summed E-state index contributed by atoms with van der Waals surface area (Å²) in [6.45, 7) is 4.67. The molecule has 4 heterocycles. The molecule has 5 nitrogen and oxygen atoms in total. The second-order valence-electron chi connectivity index (χ2n) is 7.32. The van der Waals surface area contributed by atoms with E-state index in [1.165, 1.54) is 51.1 Å². The maximum Gasteiger partial charge on any atom is 0.160 e. The van der Waals surface area contributed by atoms with Crippen molar-refractivity contribution in [3.05, 3.63) is 24.2 Å². The number of nitrogens with zero attached hydrogens (tertiary/aromatic N) is 5. The third kappa shape index (κ3) is 2.88. The minimum atomic E-state index is 0.544. The van der Waals surface area contributed by atoms with Crippen molar-refractivity contribution in [3.63, 3.8) is 0 Å². The first-order chi connectivity index (χ1) is 11.2. The van der Waals surface area contributed by atoms with Crippen molar-refractivity contribution in [2.24, 2.45) is 0 Å². The molecule has 0 radical (unpaired) electrons. The maximum atomic E-state index is 5.03. The van der Waals surface area contributed by atoms with Gasteiger partial charge in [-0.1, -0.05) is 0 Å². The Morgan fingerprint density at radius 1 is 1.04 bits per heavy atom. The molecule has 0 saturated carbocycles. The molecule has 0 spiro atoms. The fourth-order valence-corrected chi connectivity index (χ4v) is 4.23. The minimum Gasteiger partial charge on any atom is -0.309 e. The molecule has 2 aliphatic heterocycles. The summed E-state index contributed by atoms with van der Waals surface area (Å²) in [5, 5.41) is 0. The van der Waals surface area contributed by atoms with E-state index in [9.17, 15) is 0 Å². The molecular weight excluding hydrogens is 286 g/mol. The average molecular weight is 313 g/mol. The first-order valence-corrected chi connectivity index (χ1v) is 8.92. The van der Waals surface area contributed by atoms with E-state index in [2.05, 4.69) is 39.5 Å². The summed E-state index contributed by atoms with van der Waals surface area (Å²) in [5.41, 5.74) is 2.15. The maximum absolute atomic E-state index is 5.03. The van der Waals surface area contributed by atoms with E-state index in [0.29, 0.717) is 12.0 Å². The minimum absolute atomic E-state index is 0.544. The van der Waals surface area contributed by atoms with Gasteiger partial charge >= 0.3 is 0 Å². The fourth-order valence-electron chi connectivity index (χ4n) is 4.23. The Bertz CT molecular complexity index is 671. The number of hydrogen-bond acceptors (Lipinski definition) is 4. The number of fused-ring (bicyclic) bond motifs is 1. The van der Waals surface area contributed by atoms with Crippen molar-refractivity contribution in [1.82, 2.24) is 24.3 Å². The van der Waals surface area contributed by atoms with Gasteiger partial charge in [0.15, 0.2) is 5.65 Å². The summed E-state index contributed by atoms with van der Waals surface area (Å²) in [7, 11) is 4.45. The van der Waals surface area contributed by atoms with Gasteiger partial charge in [-0.25, -0.2) is 9.97 Å². The van der Waals surface area contributed by atoms with Gasteiger partial charge < -0.3 is 14.4 Å². The van der Waals surface area contributed by atoms with Crippen LogP contribution in [0, 0.1) is 0 Å². The highest BCUT2D eigenvalue weighted by Gasteiger charge is 2.29. The second kappa shape index (κ2) is 6.21. The highest BCUT2D eigenvalue weighted by Crippen LogP contribution is 2.33. The molecule has 2 saturated heterocycles. The highest BCUT2D eigenvalue weighted by molar-refractivity contribution is 5.71. The van der Waals surface area contributed by atoms with Gasteiger partial charge in [0.2, 0.25) is 0 Å². The number of piperidine rings is 2. The summed E-state index contributed by atoms with van der Waals surface area (Å²) in [6, 6.07) is 4.67. The zero-order valence-electron chi connectivity index (χ0n) is 14.3. The largest absolute Gasteiger partial charge is 0.309 e. The van der Waals surface area contributed by atoms with Crippen LogP contribution >= 0.6 is 0 Å². The zero-order valence-corrected chi connectivity index (χ0v) is 14.3. The number of aromatic nitrogens is 3. The molecule has 1 unspecified atom stereocenters. The van der Waals surface area contributed by atoms with E-state index < -0.39 is 0 Å². The summed E-state index contributed by atoms with van der Waals surface area (Å²) >= 11 is 0.